The number of pyridine rings is 1. The Balaban J connectivity index is 1.58. The van der Waals surface area contributed by atoms with Crippen molar-refractivity contribution in [2.24, 2.45) is 5.92 Å². The molecule has 6 nitrogen and oxygen atoms in total. The molecule has 0 aliphatic carbocycles. The van der Waals surface area contributed by atoms with Gasteiger partial charge in [-0.05, 0) is 41.7 Å². The zero-order valence-electron chi connectivity index (χ0n) is 19.9. The maximum Gasteiger partial charge on any atom is 0.267 e. The summed E-state index contributed by atoms with van der Waals surface area (Å²) < 4.78 is 2.09. The zero-order valence-corrected chi connectivity index (χ0v) is 21.6. The smallest absolute Gasteiger partial charge is 0.267 e. The summed E-state index contributed by atoms with van der Waals surface area (Å²) in [4.78, 5) is 36.2. The number of amides is 1. The molecule has 0 N–H and O–H groups in total. The van der Waals surface area contributed by atoms with Crippen molar-refractivity contribution in [1.82, 2.24) is 14.3 Å². The van der Waals surface area contributed by atoms with Gasteiger partial charge in [0.1, 0.15) is 15.8 Å². The molecule has 3 aromatic rings. The standard InChI is InChI=1S/C27H28N4O2S2/c1-3-18(4-2)16-31-26(33)22(35-27(31)34)15-21-24(28-23-11-7-8-13-30(23)25(21)32)29-14-12-19-9-5-6-10-20(19)17-29/h5-11,13,15,18H,3-4,12,14,16-17H2,1-2H3/b22-15+. The predicted octanol–water partition coefficient (Wildman–Crippen LogP) is 4.89. The summed E-state index contributed by atoms with van der Waals surface area (Å²) in [7, 11) is 0. The van der Waals surface area contributed by atoms with Crippen LogP contribution in [0.3, 0.4) is 0 Å². The lowest BCUT2D eigenvalue weighted by molar-refractivity contribution is -0.122. The molecular formula is C27H28N4O2S2. The molecule has 5 rings (SSSR count). The highest BCUT2D eigenvalue weighted by atomic mass is 32.2. The van der Waals surface area contributed by atoms with Crippen molar-refractivity contribution in [2.75, 3.05) is 18.0 Å². The van der Waals surface area contributed by atoms with Crippen LogP contribution in [0.25, 0.3) is 11.7 Å². The molecule has 0 bridgehead atoms. The lowest BCUT2D eigenvalue weighted by Gasteiger charge is -2.30. The number of aromatic nitrogens is 2. The molecule has 180 valence electrons. The minimum Gasteiger partial charge on any atom is -0.351 e. The van der Waals surface area contributed by atoms with Crippen LogP contribution in [0, 0.1) is 5.92 Å². The second-order valence-electron chi connectivity index (χ2n) is 9.00. The van der Waals surface area contributed by atoms with E-state index in [1.54, 1.807) is 17.2 Å². The largest absolute Gasteiger partial charge is 0.351 e. The Morgan fingerprint density at radius 2 is 1.83 bits per heavy atom. The van der Waals surface area contributed by atoms with Crippen LogP contribution in [0.4, 0.5) is 5.82 Å². The normalized spacial score (nSPS) is 17.2. The van der Waals surface area contributed by atoms with Crippen molar-refractivity contribution in [1.29, 1.82) is 0 Å². The lowest BCUT2D eigenvalue weighted by atomic mass is 9.99. The molecule has 0 radical (unpaired) electrons. The third kappa shape index (κ3) is 4.52. The van der Waals surface area contributed by atoms with Crippen LogP contribution >= 0.6 is 24.0 Å². The molecule has 1 saturated heterocycles. The van der Waals surface area contributed by atoms with Gasteiger partial charge in [0.15, 0.2) is 0 Å². The Bertz CT molecular complexity index is 1390. The van der Waals surface area contributed by atoms with Crippen LogP contribution < -0.4 is 10.5 Å². The first-order valence-corrected chi connectivity index (χ1v) is 13.3. The monoisotopic (exact) mass is 504 g/mol. The molecule has 8 heteroatoms. The molecule has 1 aromatic carbocycles. The number of carbonyl (C=O) groups excluding carboxylic acids is 1. The van der Waals surface area contributed by atoms with E-state index in [9.17, 15) is 9.59 Å². The van der Waals surface area contributed by atoms with Gasteiger partial charge in [0.25, 0.3) is 11.5 Å². The van der Waals surface area contributed by atoms with Crippen LogP contribution in [0.5, 0.6) is 0 Å². The number of benzene rings is 1. The highest BCUT2D eigenvalue weighted by molar-refractivity contribution is 8.26. The third-order valence-corrected chi connectivity index (χ3v) is 8.30. The molecule has 0 unspecified atom stereocenters. The molecule has 0 atom stereocenters. The van der Waals surface area contributed by atoms with Crippen LogP contribution in [0.2, 0.25) is 0 Å². The topological polar surface area (TPSA) is 57.9 Å². The van der Waals surface area contributed by atoms with Gasteiger partial charge in [0.2, 0.25) is 0 Å². The fourth-order valence-electron chi connectivity index (χ4n) is 4.73. The summed E-state index contributed by atoms with van der Waals surface area (Å²) in [5.74, 6) is 0.883. The van der Waals surface area contributed by atoms with Crippen molar-refractivity contribution in [3.63, 3.8) is 0 Å². The maximum absolute atomic E-state index is 13.7. The number of fused-ring (bicyclic) bond motifs is 2. The van der Waals surface area contributed by atoms with E-state index in [0.717, 1.165) is 25.8 Å². The molecule has 2 aliphatic rings. The molecule has 35 heavy (non-hydrogen) atoms. The molecule has 0 spiro atoms. The summed E-state index contributed by atoms with van der Waals surface area (Å²) >= 11 is 6.83. The van der Waals surface area contributed by atoms with E-state index in [4.69, 9.17) is 17.2 Å². The van der Waals surface area contributed by atoms with Gasteiger partial charge in [-0.1, -0.05) is 81.0 Å². The first-order chi connectivity index (χ1) is 17.0. The van der Waals surface area contributed by atoms with E-state index in [1.807, 2.05) is 24.3 Å². The Labute approximate surface area is 214 Å². The maximum atomic E-state index is 13.7. The number of rotatable bonds is 6. The van der Waals surface area contributed by atoms with Gasteiger partial charge >= 0.3 is 0 Å². The lowest BCUT2D eigenvalue weighted by Crippen LogP contribution is -2.34. The number of hydrogen-bond donors (Lipinski definition) is 0. The quantitative estimate of drug-likeness (QED) is 0.352. The van der Waals surface area contributed by atoms with Gasteiger partial charge < -0.3 is 4.90 Å². The van der Waals surface area contributed by atoms with E-state index in [2.05, 4.69) is 36.9 Å². The van der Waals surface area contributed by atoms with E-state index >= 15 is 0 Å². The third-order valence-electron chi connectivity index (χ3n) is 6.92. The molecule has 1 amide bonds. The van der Waals surface area contributed by atoms with E-state index in [1.165, 1.54) is 27.3 Å². The van der Waals surface area contributed by atoms with Crippen LogP contribution in [0.15, 0.2) is 58.4 Å². The highest BCUT2D eigenvalue weighted by Crippen LogP contribution is 2.35. The molecule has 4 heterocycles. The Morgan fingerprint density at radius 1 is 1.09 bits per heavy atom. The highest BCUT2D eigenvalue weighted by Gasteiger charge is 2.34. The Kier molecular flexibility index (Phi) is 6.75. The summed E-state index contributed by atoms with van der Waals surface area (Å²) in [6.45, 7) is 6.30. The van der Waals surface area contributed by atoms with Gasteiger partial charge in [0, 0.05) is 25.8 Å². The summed E-state index contributed by atoms with van der Waals surface area (Å²) in [6, 6.07) is 13.9. The first kappa shape index (κ1) is 23.8. The Morgan fingerprint density at radius 3 is 2.60 bits per heavy atom. The number of nitrogens with zero attached hydrogens (tertiary/aromatic N) is 4. The SMILES string of the molecule is CCC(CC)CN1C(=O)/C(=C\c2c(N3CCc4ccccc4C3)nc3ccccn3c2=O)SC1=S. The average Bonchev–Trinajstić information content (AvgIpc) is 3.15. The van der Waals surface area contributed by atoms with Crippen LogP contribution in [-0.2, 0) is 17.8 Å². The van der Waals surface area contributed by atoms with Gasteiger partial charge in [-0.2, -0.15) is 0 Å². The van der Waals surface area contributed by atoms with Gasteiger partial charge in [-0.3, -0.25) is 18.9 Å². The number of hydrogen-bond acceptors (Lipinski definition) is 6. The Hall–Kier alpha value is -2.97. The van der Waals surface area contributed by atoms with E-state index < -0.39 is 0 Å². The minimum absolute atomic E-state index is 0.126. The van der Waals surface area contributed by atoms with E-state index in [0.29, 0.717) is 45.3 Å². The number of anilines is 1. The minimum atomic E-state index is -0.185. The zero-order chi connectivity index (χ0) is 24.5. The van der Waals surface area contributed by atoms with E-state index in [-0.39, 0.29) is 11.5 Å². The predicted molar refractivity (Wildman–Crippen MR) is 147 cm³/mol. The molecule has 2 aliphatic heterocycles. The van der Waals surface area contributed by atoms with Crippen LogP contribution in [0.1, 0.15) is 43.4 Å². The van der Waals surface area contributed by atoms with Crippen molar-refractivity contribution < 1.29 is 4.79 Å². The number of carbonyl (C=O) groups is 1. The summed E-state index contributed by atoms with van der Waals surface area (Å²) in [5.41, 5.74) is 3.39. The molecule has 1 fully saturated rings. The summed E-state index contributed by atoms with van der Waals surface area (Å²) in [6.07, 6.45) is 6.28. The fraction of sp³-hybridized carbons (Fsp3) is 0.333. The second-order valence-corrected chi connectivity index (χ2v) is 10.7. The second kappa shape index (κ2) is 9.95. The van der Waals surface area contributed by atoms with Gasteiger partial charge in [0.05, 0.1) is 10.5 Å². The number of thiocarbonyl (C=S) groups is 1. The average molecular weight is 505 g/mol. The first-order valence-electron chi connectivity index (χ1n) is 12.1. The molecular weight excluding hydrogens is 476 g/mol. The van der Waals surface area contributed by atoms with Gasteiger partial charge in [-0.15, -0.1) is 0 Å². The van der Waals surface area contributed by atoms with Crippen LogP contribution in [-0.4, -0.2) is 37.6 Å². The van der Waals surface area contributed by atoms with Crippen molar-refractivity contribution in [2.45, 2.75) is 39.7 Å². The van der Waals surface area contributed by atoms with Crippen molar-refractivity contribution in [3.05, 3.63) is 80.6 Å². The van der Waals surface area contributed by atoms with Gasteiger partial charge in [-0.25, -0.2) is 4.98 Å². The summed E-state index contributed by atoms with van der Waals surface area (Å²) in [5, 5.41) is 0. The fourth-order valence-corrected chi connectivity index (χ4v) is 5.99. The molecule has 0 saturated carbocycles. The number of thioether (sulfide) groups is 1. The molecule has 2 aromatic heterocycles. The van der Waals surface area contributed by atoms with Crippen molar-refractivity contribution in [3.8, 4) is 0 Å². The van der Waals surface area contributed by atoms with Crippen molar-refractivity contribution >= 4 is 51.7 Å².